The molecule has 1 aromatic carbocycles. The summed E-state index contributed by atoms with van der Waals surface area (Å²) in [6, 6.07) is 2.79. The maximum atomic E-state index is 14.6. The summed E-state index contributed by atoms with van der Waals surface area (Å²) in [6.07, 6.45) is 2.91. The molecule has 152 valence electrons. The van der Waals surface area contributed by atoms with Crippen LogP contribution < -0.4 is 0 Å². The molecule has 0 aliphatic carbocycles. The maximum Gasteiger partial charge on any atom is 0.339 e. The van der Waals surface area contributed by atoms with Crippen molar-refractivity contribution in [1.82, 2.24) is 9.78 Å². The first-order valence-electron chi connectivity index (χ1n) is 8.88. The van der Waals surface area contributed by atoms with Crippen LogP contribution in [0.15, 0.2) is 24.5 Å². The van der Waals surface area contributed by atoms with E-state index >= 15 is 0 Å². The van der Waals surface area contributed by atoms with Crippen molar-refractivity contribution in [3.05, 3.63) is 46.0 Å². The fourth-order valence-electron chi connectivity index (χ4n) is 2.46. The minimum atomic E-state index is -1.20. The number of esters is 1. The summed E-state index contributed by atoms with van der Waals surface area (Å²) in [5.41, 5.74) is -0.513. The Balaban J connectivity index is 2.28. The van der Waals surface area contributed by atoms with Crippen molar-refractivity contribution < 1.29 is 23.6 Å². The topological polar surface area (TPSA) is 96.5 Å². The third-order valence-electron chi connectivity index (χ3n) is 3.92. The van der Waals surface area contributed by atoms with Gasteiger partial charge in [0.05, 0.1) is 29.4 Å². The Hall–Kier alpha value is -2.59. The van der Waals surface area contributed by atoms with Gasteiger partial charge < -0.3 is 9.47 Å². The Morgan fingerprint density at radius 3 is 2.68 bits per heavy atom. The number of halogens is 1. The molecule has 8 nitrogen and oxygen atoms in total. The van der Waals surface area contributed by atoms with Gasteiger partial charge in [-0.05, 0) is 13.0 Å². The minimum Gasteiger partial charge on any atom is -0.462 e. The Bertz CT molecular complexity index is 863. The van der Waals surface area contributed by atoms with Gasteiger partial charge in [-0.15, -0.1) is 0 Å². The van der Waals surface area contributed by atoms with E-state index in [0.29, 0.717) is 12.2 Å². The van der Waals surface area contributed by atoms with E-state index in [-0.39, 0.29) is 24.5 Å². The van der Waals surface area contributed by atoms with Crippen LogP contribution in [-0.2, 0) is 16.2 Å². The largest absolute Gasteiger partial charge is 0.462 e. The summed E-state index contributed by atoms with van der Waals surface area (Å²) in [7, 11) is -1.20. The molecule has 0 aliphatic rings. The summed E-state index contributed by atoms with van der Waals surface area (Å²) in [4.78, 5) is 22.5. The third-order valence-corrected chi connectivity index (χ3v) is 5.63. The second-order valence-electron chi connectivity index (χ2n) is 7.44. The summed E-state index contributed by atoms with van der Waals surface area (Å²) in [5, 5.41) is 15.1. The lowest BCUT2D eigenvalue weighted by molar-refractivity contribution is -0.385. The van der Waals surface area contributed by atoms with Gasteiger partial charge in [-0.25, -0.2) is 13.9 Å². The molecule has 0 atom stereocenters. The Kier molecular flexibility index (Phi) is 7.03. The van der Waals surface area contributed by atoms with Gasteiger partial charge >= 0.3 is 5.97 Å². The van der Waals surface area contributed by atoms with E-state index < -0.39 is 30.5 Å². The van der Waals surface area contributed by atoms with Gasteiger partial charge in [-0.1, -0.05) is 19.6 Å². The van der Waals surface area contributed by atoms with E-state index in [2.05, 4.69) is 24.7 Å². The number of nitro benzene ring substituents is 1. The number of ether oxygens (including phenoxy) is 2. The van der Waals surface area contributed by atoms with Gasteiger partial charge in [0.15, 0.2) is 0 Å². The minimum absolute atomic E-state index is 0.0623. The first kappa shape index (κ1) is 21.7. The lowest BCUT2D eigenvalue weighted by Gasteiger charge is -2.15. The number of benzene rings is 1. The van der Waals surface area contributed by atoms with E-state index in [0.717, 1.165) is 18.2 Å². The molecule has 0 radical (unpaired) electrons. The fraction of sp³-hybridized carbons (Fsp3) is 0.444. The Labute approximate surface area is 163 Å². The Morgan fingerprint density at radius 1 is 1.36 bits per heavy atom. The number of carbonyl (C=O) groups excluding carboxylic acids is 1. The first-order valence-corrected chi connectivity index (χ1v) is 12.6. The molecule has 0 unspecified atom stereocenters. The monoisotopic (exact) mass is 409 g/mol. The van der Waals surface area contributed by atoms with Crippen molar-refractivity contribution in [1.29, 1.82) is 0 Å². The van der Waals surface area contributed by atoms with Crippen LogP contribution in [0.25, 0.3) is 11.1 Å². The number of nitro groups is 1. The van der Waals surface area contributed by atoms with Crippen molar-refractivity contribution in [2.45, 2.75) is 39.3 Å². The molecular weight excluding hydrogens is 385 g/mol. The molecule has 2 rings (SSSR count). The Morgan fingerprint density at radius 2 is 2.07 bits per heavy atom. The molecular formula is C18H24FN3O5Si. The molecule has 0 spiro atoms. The zero-order chi connectivity index (χ0) is 20.9. The highest BCUT2D eigenvalue weighted by Crippen LogP contribution is 2.31. The zero-order valence-electron chi connectivity index (χ0n) is 16.4. The number of carbonyl (C=O) groups is 1. The molecule has 1 heterocycles. The van der Waals surface area contributed by atoms with Crippen LogP contribution in [0.2, 0.25) is 25.7 Å². The molecule has 0 saturated heterocycles. The van der Waals surface area contributed by atoms with Gasteiger partial charge in [0.25, 0.3) is 5.69 Å². The standard InChI is InChI=1S/C18H24FN3O5Si/c1-5-27-18(23)15-8-14(22(24)25)9-16(19)17(15)13-10-20-21(11-13)12-26-6-7-28(2,3)4/h8-11H,5-7,12H2,1-4H3. The van der Waals surface area contributed by atoms with E-state index in [4.69, 9.17) is 9.47 Å². The van der Waals surface area contributed by atoms with Crippen molar-refractivity contribution in [3.63, 3.8) is 0 Å². The highest BCUT2D eigenvalue weighted by Gasteiger charge is 2.24. The molecule has 0 amide bonds. The van der Waals surface area contributed by atoms with Crippen LogP contribution in [0.4, 0.5) is 10.1 Å². The van der Waals surface area contributed by atoms with Crippen molar-refractivity contribution in [3.8, 4) is 11.1 Å². The van der Waals surface area contributed by atoms with Crippen molar-refractivity contribution >= 4 is 19.7 Å². The molecule has 10 heteroatoms. The summed E-state index contributed by atoms with van der Waals surface area (Å²) in [6.45, 7) is 9.19. The van der Waals surface area contributed by atoms with Crippen LogP contribution in [0.3, 0.4) is 0 Å². The molecule has 2 aromatic rings. The van der Waals surface area contributed by atoms with Gasteiger partial charge in [0, 0.05) is 38.1 Å². The number of aromatic nitrogens is 2. The summed E-state index contributed by atoms with van der Waals surface area (Å²) < 4.78 is 26.6. The number of nitrogens with zero attached hydrogens (tertiary/aromatic N) is 3. The van der Waals surface area contributed by atoms with Crippen LogP contribution >= 0.6 is 0 Å². The van der Waals surface area contributed by atoms with Crippen LogP contribution in [0, 0.1) is 15.9 Å². The highest BCUT2D eigenvalue weighted by atomic mass is 28.3. The van der Waals surface area contributed by atoms with E-state index in [9.17, 15) is 19.3 Å². The zero-order valence-corrected chi connectivity index (χ0v) is 17.4. The number of non-ortho nitro benzene ring substituents is 1. The normalized spacial score (nSPS) is 11.5. The molecule has 0 saturated carbocycles. The molecule has 0 bridgehead atoms. The average molecular weight is 409 g/mol. The van der Waals surface area contributed by atoms with E-state index in [1.165, 1.54) is 17.1 Å². The second kappa shape index (κ2) is 9.07. The SMILES string of the molecule is CCOC(=O)c1cc([N+](=O)[O-])cc(F)c1-c1cnn(COCC[Si](C)(C)C)c1. The van der Waals surface area contributed by atoms with E-state index in [1.54, 1.807) is 6.92 Å². The molecule has 0 aliphatic heterocycles. The number of hydrogen-bond donors (Lipinski definition) is 0. The third kappa shape index (κ3) is 5.70. The molecule has 0 N–H and O–H groups in total. The summed E-state index contributed by atoms with van der Waals surface area (Å²) >= 11 is 0. The van der Waals surface area contributed by atoms with Gasteiger partial charge in [0.2, 0.25) is 0 Å². The lowest BCUT2D eigenvalue weighted by Crippen LogP contribution is -2.22. The van der Waals surface area contributed by atoms with Gasteiger partial charge in [0.1, 0.15) is 12.5 Å². The molecule has 28 heavy (non-hydrogen) atoms. The lowest BCUT2D eigenvalue weighted by atomic mass is 10.0. The highest BCUT2D eigenvalue weighted by molar-refractivity contribution is 6.76. The quantitative estimate of drug-likeness (QED) is 0.203. The van der Waals surface area contributed by atoms with Gasteiger partial charge in [-0.2, -0.15) is 5.10 Å². The fourth-order valence-corrected chi connectivity index (χ4v) is 3.22. The smallest absolute Gasteiger partial charge is 0.339 e. The van der Waals surface area contributed by atoms with Crippen molar-refractivity contribution in [2.75, 3.05) is 13.2 Å². The average Bonchev–Trinajstić information content (AvgIpc) is 3.05. The maximum absolute atomic E-state index is 14.6. The van der Waals surface area contributed by atoms with Gasteiger partial charge in [-0.3, -0.25) is 10.1 Å². The van der Waals surface area contributed by atoms with Crippen LogP contribution in [-0.4, -0.2) is 42.0 Å². The van der Waals surface area contributed by atoms with Crippen LogP contribution in [0.1, 0.15) is 17.3 Å². The predicted molar refractivity (Wildman–Crippen MR) is 104 cm³/mol. The number of rotatable bonds is 9. The second-order valence-corrected chi connectivity index (χ2v) is 13.1. The summed E-state index contributed by atoms with van der Waals surface area (Å²) in [5.74, 6) is -1.73. The molecule has 0 fully saturated rings. The number of hydrogen-bond acceptors (Lipinski definition) is 6. The van der Waals surface area contributed by atoms with E-state index in [1.807, 2.05) is 0 Å². The molecule has 1 aromatic heterocycles. The predicted octanol–water partition coefficient (Wildman–Crippen LogP) is 4.09. The van der Waals surface area contributed by atoms with Crippen molar-refractivity contribution in [2.24, 2.45) is 0 Å². The first-order chi connectivity index (χ1) is 13.1. The van der Waals surface area contributed by atoms with Crippen LogP contribution in [0.5, 0.6) is 0 Å².